The summed E-state index contributed by atoms with van der Waals surface area (Å²) in [4.78, 5) is 20.8. The zero-order valence-corrected chi connectivity index (χ0v) is 9.61. The van der Waals surface area contributed by atoms with Gasteiger partial charge in [0.25, 0.3) is 0 Å². The van der Waals surface area contributed by atoms with Gasteiger partial charge in [-0.1, -0.05) is 0 Å². The van der Waals surface area contributed by atoms with Gasteiger partial charge in [0.1, 0.15) is 0 Å². The van der Waals surface area contributed by atoms with Gasteiger partial charge in [0.2, 0.25) is 5.95 Å². The van der Waals surface area contributed by atoms with E-state index in [1.54, 1.807) is 0 Å². The second kappa shape index (κ2) is 5.20. The van der Waals surface area contributed by atoms with Gasteiger partial charge in [0.05, 0.1) is 30.9 Å². The molecule has 1 fully saturated rings. The van der Waals surface area contributed by atoms with Crippen molar-refractivity contribution in [2.45, 2.75) is 19.1 Å². The second-order valence-corrected chi connectivity index (χ2v) is 4.07. The molecule has 0 amide bonds. The number of nitrogens with zero attached hydrogens (tertiary/aromatic N) is 3. The lowest BCUT2D eigenvalue weighted by Gasteiger charge is -2.37. The fourth-order valence-corrected chi connectivity index (χ4v) is 1.75. The lowest BCUT2D eigenvalue weighted by Crippen LogP contribution is -2.50. The number of carbonyl (C=O) groups excluding carboxylic acids is 1. The van der Waals surface area contributed by atoms with E-state index in [9.17, 15) is 4.79 Å². The van der Waals surface area contributed by atoms with Crippen molar-refractivity contribution in [3.63, 3.8) is 0 Å². The molecule has 6 nitrogen and oxygen atoms in total. The third-order valence-electron chi connectivity index (χ3n) is 2.76. The van der Waals surface area contributed by atoms with Crippen molar-refractivity contribution in [1.29, 1.82) is 0 Å². The maximum Gasteiger partial charge on any atom is 0.225 e. The van der Waals surface area contributed by atoms with Crippen LogP contribution in [0.25, 0.3) is 0 Å². The van der Waals surface area contributed by atoms with E-state index < -0.39 is 0 Å². The molecule has 0 radical (unpaired) electrons. The number of ether oxygens (including phenoxy) is 1. The van der Waals surface area contributed by atoms with E-state index in [4.69, 9.17) is 9.84 Å². The Labute approximate surface area is 99.2 Å². The molecule has 1 aromatic rings. The van der Waals surface area contributed by atoms with Crippen LogP contribution in [0.2, 0.25) is 0 Å². The third kappa shape index (κ3) is 2.59. The van der Waals surface area contributed by atoms with Gasteiger partial charge in [0, 0.05) is 18.9 Å². The van der Waals surface area contributed by atoms with E-state index in [1.165, 1.54) is 12.4 Å². The van der Waals surface area contributed by atoms with Crippen molar-refractivity contribution < 1.29 is 14.6 Å². The van der Waals surface area contributed by atoms with Crippen LogP contribution >= 0.6 is 0 Å². The van der Waals surface area contributed by atoms with Gasteiger partial charge in [-0.3, -0.25) is 4.79 Å². The summed E-state index contributed by atoms with van der Waals surface area (Å²) >= 11 is 0. The number of hydrogen-bond donors (Lipinski definition) is 1. The molecule has 0 saturated carbocycles. The van der Waals surface area contributed by atoms with Crippen LogP contribution in [0.15, 0.2) is 12.4 Å². The highest BCUT2D eigenvalue weighted by Gasteiger charge is 2.27. The molecular weight excluding hydrogens is 222 g/mol. The molecule has 2 heterocycles. The second-order valence-electron chi connectivity index (χ2n) is 4.07. The predicted molar refractivity (Wildman–Crippen MR) is 61.1 cm³/mol. The molecule has 6 heteroatoms. The average Bonchev–Trinajstić information content (AvgIpc) is 2.39. The third-order valence-corrected chi connectivity index (χ3v) is 2.76. The van der Waals surface area contributed by atoms with Crippen LogP contribution in [0.4, 0.5) is 5.95 Å². The van der Waals surface area contributed by atoms with E-state index in [2.05, 4.69) is 9.97 Å². The maximum absolute atomic E-state index is 10.5. The Morgan fingerprint density at radius 2 is 2.29 bits per heavy atom. The number of aliphatic hydroxyl groups excluding tert-OH is 1. The molecule has 0 bridgehead atoms. The molecule has 2 unspecified atom stereocenters. The highest BCUT2D eigenvalue weighted by molar-refractivity contribution is 5.73. The topological polar surface area (TPSA) is 75.6 Å². The van der Waals surface area contributed by atoms with Gasteiger partial charge in [0.15, 0.2) is 6.29 Å². The number of rotatable bonds is 3. The zero-order valence-electron chi connectivity index (χ0n) is 9.61. The highest BCUT2D eigenvalue weighted by atomic mass is 16.5. The minimum Gasteiger partial charge on any atom is -0.394 e. The molecule has 1 aliphatic rings. The van der Waals surface area contributed by atoms with Crippen molar-refractivity contribution in [1.82, 2.24) is 9.97 Å². The minimum absolute atomic E-state index is 0.0182. The van der Waals surface area contributed by atoms with Crippen molar-refractivity contribution in [3.05, 3.63) is 18.0 Å². The molecule has 0 aliphatic carbocycles. The summed E-state index contributed by atoms with van der Waals surface area (Å²) in [5, 5.41) is 9.09. The number of aliphatic hydroxyl groups is 1. The van der Waals surface area contributed by atoms with Gasteiger partial charge in [-0.05, 0) is 6.92 Å². The summed E-state index contributed by atoms with van der Waals surface area (Å²) in [5.41, 5.74) is 0.452. The average molecular weight is 237 g/mol. The number of aldehydes is 1. The first kappa shape index (κ1) is 11.9. The van der Waals surface area contributed by atoms with E-state index in [-0.39, 0.29) is 18.8 Å². The molecule has 1 saturated heterocycles. The minimum atomic E-state index is -0.208. The Morgan fingerprint density at radius 1 is 1.59 bits per heavy atom. The van der Waals surface area contributed by atoms with Crippen molar-refractivity contribution >= 4 is 12.2 Å². The monoisotopic (exact) mass is 237 g/mol. The van der Waals surface area contributed by atoms with E-state index in [1.807, 2.05) is 11.8 Å². The van der Waals surface area contributed by atoms with Gasteiger partial charge in [-0.25, -0.2) is 9.97 Å². The maximum atomic E-state index is 10.5. The number of anilines is 1. The van der Waals surface area contributed by atoms with Crippen LogP contribution in [0, 0.1) is 0 Å². The summed E-state index contributed by atoms with van der Waals surface area (Å²) in [6, 6.07) is 0.153. The number of aromatic nitrogens is 2. The van der Waals surface area contributed by atoms with Crippen LogP contribution in [-0.2, 0) is 4.74 Å². The fraction of sp³-hybridized carbons (Fsp3) is 0.545. The molecule has 92 valence electrons. The van der Waals surface area contributed by atoms with E-state index in [0.717, 1.165) is 0 Å². The Balaban J connectivity index is 2.15. The van der Waals surface area contributed by atoms with Crippen molar-refractivity contribution in [3.8, 4) is 0 Å². The van der Waals surface area contributed by atoms with Crippen molar-refractivity contribution in [2.75, 3.05) is 24.7 Å². The van der Waals surface area contributed by atoms with Crippen molar-refractivity contribution in [2.24, 2.45) is 0 Å². The molecule has 2 atom stereocenters. The van der Waals surface area contributed by atoms with Crippen LogP contribution < -0.4 is 4.90 Å². The molecule has 1 aromatic heterocycles. The SMILES string of the molecule is CC1COC(CO)CN1c1ncc(C=O)cn1. The molecule has 1 aliphatic heterocycles. The van der Waals surface area contributed by atoms with Gasteiger partial charge in [-0.15, -0.1) is 0 Å². The zero-order chi connectivity index (χ0) is 12.3. The number of morpholine rings is 1. The van der Waals surface area contributed by atoms with Crippen LogP contribution in [0.3, 0.4) is 0 Å². The molecule has 1 N–H and O–H groups in total. The predicted octanol–water partition coefficient (Wildman–Crippen LogP) is -0.125. The summed E-state index contributed by atoms with van der Waals surface area (Å²) in [6.07, 6.45) is 3.49. The lowest BCUT2D eigenvalue weighted by molar-refractivity contribution is -0.0108. The summed E-state index contributed by atoms with van der Waals surface area (Å²) in [7, 11) is 0. The Bertz CT molecular complexity index is 382. The quantitative estimate of drug-likeness (QED) is 0.738. The van der Waals surface area contributed by atoms with E-state index >= 15 is 0 Å². The smallest absolute Gasteiger partial charge is 0.225 e. The Hall–Kier alpha value is -1.53. The summed E-state index contributed by atoms with van der Waals surface area (Å²) < 4.78 is 5.43. The highest BCUT2D eigenvalue weighted by Crippen LogP contribution is 2.17. The van der Waals surface area contributed by atoms with E-state index in [0.29, 0.717) is 30.9 Å². The van der Waals surface area contributed by atoms with Crippen LogP contribution in [-0.4, -0.2) is 53.3 Å². The summed E-state index contributed by atoms with van der Waals surface area (Å²) in [6.45, 7) is 3.07. The first-order chi connectivity index (χ1) is 8.24. The lowest BCUT2D eigenvalue weighted by atomic mass is 10.2. The standard InChI is InChI=1S/C11H15N3O3/c1-8-7-17-10(6-16)4-14(8)11-12-2-9(5-15)3-13-11/h2-3,5,8,10,16H,4,6-7H2,1H3. The first-order valence-electron chi connectivity index (χ1n) is 5.51. The van der Waals surface area contributed by atoms with Crippen LogP contribution in [0.5, 0.6) is 0 Å². The van der Waals surface area contributed by atoms with Gasteiger partial charge in [-0.2, -0.15) is 0 Å². The molecule has 0 aromatic carbocycles. The summed E-state index contributed by atoms with van der Waals surface area (Å²) in [5.74, 6) is 0.560. The Morgan fingerprint density at radius 3 is 2.88 bits per heavy atom. The van der Waals surface area contributed by atoms with Gasteiger partial charge < -0.3 is 14.7 Å². The molecule has 17 heavy (non-hydrogen) atoms. The Kier molecular flexibility index (Phi) is 3.65. The van der Waals surface area contributed by atoms with Gasteiger partial charge >= 0.3 is 0 Å². The molecule has 2 rings (SSSR count). The fourth-order valence-electron chi connectivity index (χ4n) is 1.75. The normalized spacial score (nSPS) is 24.7. The number of carbonyl (C=O) groups is 1. The number of hydrogen-bond acceptors (Lipinski definition) is 6. The largest absolute Gasteiger partial charge is 0.394 e. The molecule has 0 spiro atoms. The first-order valence-corrected chi connectivity index (χ1v) is 5.51. The molecular formula is C11H15N3O3. The van der Waals surface area contributed by atoms with Crippen LogP contribution in [0.1, 0.15) is 17.3 Å².